The zero-order valence-corrected chi connectivity index (χ0v) is 11.7. The number of methoxy groups -OCH3 is 1. The third-order valence-corrected chi connectivity index (χ3v) is 4.54. The van der Waals surface area contributed by atoms with Crippen molar-refractivity contribution in [3.05, 3.63) is 30.1 Å². The van der Waals surface area contributed by atoms with Gasteiger partial charge < -0.3 is 9.84 Å². The van der Waals surface area contributed by atoms with E-state index < -0.39 is 21.9 Å². The van der Waals surface area contributed by atoms with E-state index in [9.17, 15) is 12.8 Å². The van der Waals surface area contributed by atoms with E-state index in [0.29, 0.717) is 0 Å². The zero-order chi connectivity index (χ0) is 14.5. The highest BCUT2D eigenvalue weighted by atomic mass is 32.2. The maximum Gasteiger partial charge on any atom is 0.237 e. The Kier molecular flexibility index (Phi) is 5.71. The van der Waals surface area contributed by atoms with E-state index in [-0.39, 0.29) is 24.6 Å². The molecule has 0 fully saturated rings. The Labute approximate surface area is 112 Å². The fraction of sp³-hybridized carbons (Fsp3) is 0.500. The molecule has 7 heteroatoms. The number of hydrogen-bond donors (Lipinski definition) is 1. The van der Waals surface area contributed by atoms with Crippen LogP contribution < -0.4 is 4.31 Å². The Hall–Kier alpha value is -1.18. The van der Waals surface area contributed by atoms with Crippen LogP contribution in [0.2, 0.25) is 0 Å². The van der Waals surface area contributed by atoms with Gasteiger partial charge in [0.25, 0.3) is 0 Å². The van der Waals surface area contributed by atoms with Crippen molar-refractivity contribution < 1.29 is 22.7 Å². The fourth-order valence-corrected chi connectivity index (χ4v) is 3.31. The first-order chi connectivity index (χ1) is 8.90. The maximum absolute atomic E-state index is 13.2. The molecule has 0 saturated carbocycles. The van der Waals surface area contributed by atoms with Gasteiger partial charge in [0.1, 0.15) is 5.82 Å². The number of benzene rings is 1. The average Bonchev–Trinajstić information content (AvgIpc) is 2.35. The molecule has 1 N–H and O–H groups in total. The molecule has 0 heterocycles. The smallest absolute Gasteiger partial charge is 0.237 e. The molecule has 0 aliphatic rings. The molecule has 0 aliphatic carbocycles. The number of sulfonamides is 1. The van der Waals surface area contributed by atoms with Crippen LogP contribution in [0.15, 0.2) is 24.3 Å². The molecular formula is C12H18FNO4S. The summed E-state index contributed by atoms with van der Waals surface area (Å²) in [6.07, 6.45) is -0.486. The monoisotopic (exact) mass is 291 g/mol. The van der Waals surface area contributed by atoms with Crippen molar-refractivity contribution >= 4 is 15.7 Å². The second-order valence-electron chi connectivity index (χ2n) is 4.10. The number of hydrogen-bond acceptors (Lipinski definition) is 4. The van der Waals surface area contributed by atoms with Gasteiger partial charge in [0.2, 0.25) is 10.0 Å². The van der Waals surface area contributed by atoms with Crippen molar-refractivity contribution in [2.24, 2.45) is 0 Å². The van der Waals surface area contributed by atoms with E-state index in [4.69, 9.17) is 9.84 Å². The van der Waals surface area contributed by atoms with Crippen molar-refractivity contribution in [1.29, 1.82) is 0 Å². The average molecular weight is 291 g/mol. The van der Waals surface area contributed by atoms with Crippen molar-refractivity contribution in [2.45, 2.75) is 13.0 Å². The Morgan fingerprint density at radius 2 is 2.16 bits per heavy atom. The normalized spacial score (nSPS) is 13.3. The topological polar surface area (TPSA) is 66.8 Å². The molecule has 0 aliphatic heterocycles. The summed E-state index contributed by atoms with van der Waals surface area (Å²) in [5.74, 6) is -0.768. The molecule has 0 aromatic heterocycles. The lowest BCUT2D eigenvalue weighted by Gasteiger charge is -2.25. The number of halogens is 1. The summed E-state index contributed by atoms with van der Waals surface area (Å²) in [6.45, 7) is 1.15. The SMILES string of the molecule is COC(C)CS(=O)(=O)N(CCO)c1cccc(F)c1. The highest BCUT2D eigenvalue weighted by Crippen LogP contribution is 2.19. The highest BCUT2D eigenvalue weighted by Gasteiger charge is 2.24. The maximum atomic E-state index is 13.2. The first-order valence-electron chi connectivity index (χ1n) is 5.80. The third-order valence-electron chi connectivity index (χ3n) is 2.58. The van der Waals surface area contributed by atoms with E-state index >= 15 is 0 Å². The van der Waals surface area contributed by atoms with Crippen LogP contribution in [-0.4, -0.2) is 45.6 Å². The number of ether oxygens (including phenoxy) is 1. The number of nitrogens with zero attached hydrogens (tertiary/aromatic N) is 1. The minimum atomic E-state index is -3.68. The quantitative estimate of drug-likeness (QED) is 0.813. The minimum absolute atomic E-state index is 0.123. The van der Waals surface area contributed by atoms with Crippen LogP contribution in [-0.2, 0) is 14.8 Å². The summed E-state index contributed by atoms with van der Waals surface area (Å²) in [4.78, 5) is 0. The van der Waals surface area contributed by atoms with Gasteiger partial charge in [-0.2, -0.15) is 0 Å². The summed E-state index contributed by atoms with van der Waals surface area (Å²) < 4.78 is 43.5. The second-order valence-corrected chi connectivity index (χ2v) is 6.04. The molecule has 5 nitrogen and oxygen atoms in total. The molecule has 19 heavy (non-hydrogen) atoms. The molecule has 1 unspecified atom stereocenters. The number of aliphatic hydroxyl groups excluding tert-OH is 1. The third kappa shape index (κ3) is 4.45. The predicted octanol–water partition coefficient (Wildman–Crippen LogP) is 0.989. The van der Waals surface area contributed by atoms with Gasteiger partial charge in [-0.05, 0) is 25.1 Å². The van der Waals surface area contributed by atoms with Gasteiger partial charge in [0.05, 0.1) is 30.7 Å². The van der Waals surface area contributed by atoms with Gasteiger partial charge in [-0.25, -0.2) is 12.8 Å². The fourth-order valence-electron chi connectivity index (χ4n) is 1.61. The van der Waals surface area contributed by atoms with Crippen LogP contribution in [0, 0.1) is 5.82 Å². The molecule has 0 radical (unpaired) electrons. The standard InChI is InChI=1S/C12H18FNO4S/c1-10(18-2)9-19(16,17)14(6-7-15)12-5-3-4-11(13)8-12/h3-5,8,10,15H,6-7,9H2,1-2H3. The molecule has 1 aromatic carbocycles. The first-order valence-corrected chi connectivity index (χ1v) is 7.41. The Morgan fingerprint density at radius 1 is 1.47 bits per heavy atom. The summed E-state index contributed by atoms with van der Waals surface area (Å²) in [6, 6.07) is 5.24. The van der Waals surface area contributed by atoms with Crippen molar-refractivity contribution in [3.8, 4) is 0 Å². The van der Waals surface area contributed by atoms with Crippen molar-refractivity contribution in [3.63, 3.8) is 0 Å². The number of aliphatic hydroxyl groups is 1. The number of anilines is 1. The lowest BCUT2D eigenvalue weighted by Crippen LogP contribution is -2.38. The summed E-state index contributed by atoms with van der Waals surface area (Å²) in [5.41, 5.74) is 0.192. The lowest BCUT2D eigenvalue weighted by molar-refractivity contribution is 0.136. The molecule has 0 bridgehead atoms. The van der Waals surface area contributed by atoms with Crippen molar-refractivity contribution in [1.82, 2.24) is 0 Å². The van der Waals surface area contributed by atoms with E-state index in [1.165, 1.54) is 25.3 Å². The van der Waals surface area contributed by atoms with Crippen LogP contribution in [0.4, 0.5) is 10.1 Å². The zero-order valence-electron chi connectivity index (χ0n) is 10.9. The van der Waals surface area contributed by atoms with Crippen LogP contribution in [0.5, 0.6) is 0 Å². The van der Waals surface area contributed by atoms with Gasteiger partial charge >= 0.3 is 0 Å². The van der Waals surface area contributed by atoms with Gasteiger partial charge in [-0.1, -0.05) is 6.07 Å². The molecule has 0 saturated heterocycles. The van der Waals surface area contributed by atoms with E-state index in [1.54, 1.807) is 6.92 Å². The Bertz CT molecular complexity index is 506. The molecule has 0 spiro atoms. The van der Waals surface area contributed by atoms with Gasteiger partial charge in [0, 0.05) is 7.11 Å². The molecule has 1 rings (SSSR count). The molecule has 0 amide bonds. The molecular weight excluding hydrogens is 273 g/mol. The van der Waals surface area contributed by atoms with E-state index in [0.717, 1.165) is 10.4 Å². The van der Waals surface area contributed by atoms with Gasteiger partial charge in [-0.15, -0.1) is 0 Å². The van der Waals surface area contributed by atoms with Gasteiger partial charge in [-0.3, -0.25) is 4.31 Å². The van der Waals surface area contributed by atoms with E-state index in [1.807, 2.05) is 0 Å². The molecule has 1 aromatic rings. The van der Waals surface area contributed by atoms with Gasteiger partial charge in [0.15, 0.2) is 0 Å². The van der Waals surface area contributed by atoms with Crippen LogP contribution in [0.25, 0.3) is 0 Å². The molecule has 108 valence electrons. The molecule has 1 atom stereocenters. The second kappa shape index (κ2) is 6.83. The predicted molar refractivity (Wildman–Crippen MR) is 71.1 cm³/mol. The van der Waals surface area contributed by atoms with Crippen LogP contribution in [0.3, 0.4) is 0 Å². The minimum Gasteiger partial charge on any atom is -0.394 e. The summed E-state index contributed by atoms with van der Waals surface area (Å²) >= 11 is 0. The highest BCUT2D eigenvalue weighted by molar-refractivity contribution is 7.92. The Morgan fingerprint density at radius 3 is 2.68 bits per heavy atom. The summed E-state index contributed by atoms with van der Waals surface area (Å²) in [7, 11) is -2.27. The summed E-state index contributed by atoms with van der Waals surface area (Å²) in [5, 5.41) is 8.99. The van der Waals surface area contributed by atoms with Crippen LogP contribution >= 0.6 is 0 Å². The Balaban J connectivity index is 3.06. The van der Waals surface area contributed by atoms with E-state index in [2.05, 4.69) is 0 Å². The first kappa shape index (κ1) is 15.9. The largest absolute Gasteiger partial charge is 0.394 e. The van der Waals surface area contributed by atoms with Crippen LogP contribution in [0.1, 0.15) is 6.92 Å². The number of rotatable bonds is 7. The lowest BCUT2D eigenvalue weighted by atomic mass is 10.3. The van der Waals surface area contributed by atoms with Crippen molar-refractivity contribution in [2.75, 3.05) is 30.3 Å².